The zero-order valence-electron chi connectivity index (χ0n) is 10.5. The summed E-state index contributed by atoms with van der Waals surface area (Å²) in [5, 5.41) is 6.94. The lowest BCUT2D eigenvalue weighted by Crippen LogP contribution is -2.14. The van der Waals surface area contributed by atoms with Crippen LogP contribution in [0.25, 0.3) is 17.2 Å². The van der Waals surface area contributed by atoms with Gasteiger partial charge < -0.3 is 4.74 Å². The molecule has 3 rings (SSSR count). The smallest absolute Gasteiger partial charge is 0.261 e. The second-order valence-electron chi connectivity index (χ2n) is 4.14. The minimum Gasteiger partial charge on any atom is -0.496 e. The van der Waals surface area contributed by atoms with Crippen LogP contribution in [0.3, 0.4) is 0 Å². The third kappa shape index (κ3) is 1.77. The largest absolute Gasteiger partial charge is 0.496 e. The fourth-order valence-corrected chi connectivity index (χ4v) is 2.04. The highest BCUT2D eigenvalue weighted by molar-refractivity contribution is 5.65. The number of rotatable bonds is 2. The Morgan fingerprint density at radius 1 is 1.32 bits per heavy atom. The van der Waals surface area contributed by atoms with Gasteiger partial charge in [-0.05, 0) is 19.1 Å². The first kappa shape index (κ1) is 11.5. The molecule has 1 aromatic carbocycles. The Morgan fingerprint density at radius 2 is 2.11 bits per heavy atom. The Morgan fingerprint density at radius 3 is 2.89 bits per heavy atom. The summed E-state index contributed by atoms with van der Waals surface area (Å²) < 4.78 is 6.73. The molecule has 2 heterocycles. The minimum atomic E-state index is -0.169. The summed E-state index contributed by atoms with van der Waals surface area (Å²) in [7, 11) is 1.58. The van der Waals surface area contributed by atoms with Gasteiger partial charge in [-0.3, -0.25) is 4.79 Å². The van der Waals surface area contributed by atoms with E-state index in [-0.39, 0.29) is 5.56 Å². The van der Waals surface area contributed by atoms with Crippen molar-refractivity contribution in [3.05, 3.63) is 46.4 Å². The monoisotopic (exact) mass is 256 g/mol. The van der Waals surface area contributed by atoms with Crippen LogP contribution in [-0.4, -0.2) is 26.7 Å². The summed E-state index contributed by atoms with van der Waals surface area (Å²) in [6.45, 7) is 1.77. The second kappa shape index (κ2) is 4.24. The van der Waals surface area contributed by atoms with Crippen molar-refractivity contribution >= 4 is 5.78 Å². The van der Waals surface area contributed by atoms with Gasteiger partial charge in [-0.2, -0.15) is 5.10 Å². The van der Waals surface area contributed by atoms with Gasteiger partial charge in [-0.1, -0.05) is 12.1 Å². The Hall–Kier alpha value is -2.63. The molecule has 0 unspecified atom stereocenters. The topological polar surface area (TPSA) is 72.3 Å². The van der Waals surface area contributed by atoms with Crippen molar-refractivity contribution in [3.63, 3.8) is 0 Å². The van der Waals surface area contributed by atoms with Crippen molar-refractivity contribution in [2.24, 2.45) is 0 Å². The van der Waals surface area contributed by atoms with E-state index >= 15 is 0 Å². The van der Waals surface area contributed by atoms with Gasteiger partial charge in [-0.15, -0.1) is 0 Å². The molecule has 0 fully saturated rings. The summed E-state index contributed by atoms with van der Waals surface area (Å²) in [6.07, 6.45) is 0. The zero-order chi connectivity index (χ0) is 13.4. The maximum absolute atomic E-state index is 12.1. The van der Waals surface area contributed by atoms with E-state index in [1.165, 1.54) is 10.5 Å². The minimum absolute atomic E-state index is 0.169. The summed E-state index contributed by atoms with van der Waals surface area (Å²) in [6, 6.07) is 8.87. The molecule has 0 aliphatic heterocycles. The van der Waals surface area contributed by atoms with Crippen LogP contribution in [0.4, 0.5) is 0 Å². The molecule has 0 aliphatic rings. The van der Waals surface area contributed by atoms with Crippen LogP contribution < -0.4 is 10.3 Å². The molecular weight excluding hydrogens is 244 g/mol. The molecule has 6 nitrogen and oxygen atoms in total. The predicted octanol–water partition coefficient (Wildman–Crippen LogP) is 1.40. The van der Waals surface area contributed by atoms with Crippen LogP contribution in [0.1, 0.15) is 5.69 Å². The number of hydrogen-bond donors (Lipinski definition) is 1. The van der Waals surface area contributed by atoms with Gasteiger partial charge in [0, 0.05) is 11.8 Å². The highest BCUT2D eigenvalue weighted by Crippen LogP contribution is 2.27. The van der Waals surface area contributed by atoms with E-state index in [1.807, 2.05) is 24.3 Å². The number of para-hydroxylation sites is 1. The molecule has 0 bridgehead atoms. The normalized spacial score (nSPS) is 10.8. The lowest BCUT2D eigenvalue weighted by atomic mass is 10.2. The van der Waals surface area contributed by atoms with Gasteiger partial charge in [-0.25, -0.2) is 14.5 Å². The fraction of sp³-hybridized carbons (Fsp3) is 0.154. The zero-order valence-corrected chi connectivity index (χ0v) is 10.5. The number of aromatic amines is 1. The molecule has 0 radical (unpaired) electrons. The molecule has 0 amide bonds. The molecule has 0 spiro atoms. The third-order valence-electron chi connectivity index (χ3n) is 2.87. The number of aromatic nitrogens is 4. The van der Waals surface area contributed by atoms with Crippen molar-refractivity contribution < 1.29 is 4.74 Å². The van der Waals surface area contributed by atoms with Gasteiger partial charge >= 0.3 is 0 Å². The van der Waals surface area contributed by atoms with E-state index in [0.717, 1.165) is 5.56 Å². The van der Waals surface area contributed by atoms with Gasteiger partial charge in [0.05, 0.1) is 12.7 Å². The lowest BCUT2D eigenvalue weighted by molar-refractivity contribution is 0.416. The molecule has 0 atom stereocenters. The lowest BCUT2D eigenvalue weighted by Gasteiger charge is -2.05. The Bertz CT molecular complexity index is 804. The summed E-state index contributed by atoms with van der Waals surface area (Å²) >= 11 is 0. The number of H-pyrrole nitrogens is 1. The van der Waals surface area contributed by atoms with Crippen LogP contribution in [0.15, 0.2) is 35.1 Å². The van der Waals surface area contributed by atoms with Gasteiger partial charge in [0.1, 0.15) is 5.75 Å². The molecule has 0 saturated heterocycles. The molecule has 0 saturated carbocycles. The van der Waals surface area contributed by atoms with Crippen LogP contribution in [-0.2, 0) is 0 Å². The SMILES string of the molecule is COc1ccccc1-c1n[nH]c2nc(C)cc(=O)n12. The molecule has 6 heteroatoms. The second-order valence-corrected chi connectivity index (χ2v) is 4.14. The molecular formula is C13H12N4O2. The van der Waals surface area contributed by atoms with Crippen molar-refractivity contribution in [1.82, 2.24) is 19.6 Å². The van der Waals surface area contributed by atoms with Crippen molar-refractivity contribution in [2.75, 3.05) is 7.11 Å². The summed E-state index contributed by atoms with van der Waals surface area (Å²) in [5.41, 5.74) is 1.22. The highest BCUT2D eigenvalue weighted by atomic mass is 16.5. The van der Waals surface area contributed by atoms with Crippen LogP contribution in [0, 0.1) is 6.92 Å². The Kier molecular flexibility index (Phi) is 2.56. The summed E-state index contributed by atoms with van der Waals surface area (Å²) in [4.78, 5) is 16.3. The number of methoxy groups -OCH3 is 1. The van der Waals surface area contributed by atoms with E-state index in [1.54, 1.807) is 14.0 Å². The summed E-state index contributed by atoms with van der Waals surface area (Å²) in [5.74, 6) is 1.57. The molecule has 19 heavy (non-hydrogen) atoms. The predicted molar refractivity (Wildman–Crippen MR) is 70.3 cm³/mol. The first-order valence-electron chi connectivity index (χ1n) is 5.79. The first-order chi connectivity index (χ1) is 9.20. The molecule has 96 valence electrons. The average Bonchev–Trinajstić information content (AvgIpc) is 2.82. The van der Waals surface area contributed by atoms with E-state index < -0.39 is 0 Å². The van der Waals surface area contributed by atoms with Crippen molar-refractivity contribution in [1.29, 1.82) is 0 Å². The molecule has 3 aromatic rings. The molecule has 0 aliphatic carbocycles. The number of hydrogen-bond acceptors (Lipinski definition) is 4. The van der Waals surface area contributed by atoms with Gasteiger partial charge in [0.15, 0.2) is 5.82 Å². The Labute approximate surface area is 108 Å². The maximum Gasteiger partial charge on any atom is 0.261 e. The highest BCUT2D eigenvalue weighted by Gasteiger charge is 2.14. The van der Waals surface area contributed by atoms with Crippen LogP contribution in [0.2, 0.25) is 0 Å². The van der Waals surface area contributed by atoms with Crippen molar-refractivity contribution in [2.45, 2.75) is 6.92 Å². The molecule has 2 aromatic heterocycles. The van der Waals surface area contributed by atoms with Crippen molar-refractivity contribution in [3.8, 4) is 17.1 Å². The number of aryl methyl sites for hydroxylation is 1. The van der Waals surface area contributed by atoms with Crippen LogP contribution >= 0.6 is 0 Å². The third-order valence-corrected chi connectivity index (χ3v) is 2.87. The number of fused-ring (bicyclic) bond motifs is 1. The standard InChI is InChI=1S/C13H12N4O2/c1-8-7-11(18)17-12(15-16-13(17)14-8)9-5-3-4-6-10(9)19-2/h3-7H,1-2H3,(H,14,16). The van der Waals surface area contributed by atoms with Gasteiger partial charge in [0.25, 0.3) is 5.56 Å². The first-order valence-corrected chi connectivity index (χ1v) is 5.79. The number of benzene rings is 1. The molecule has 1 N–H and O–H groups in total. The number of ether oxygens (including phenoxy) is 1. The number of nitrogens with zero attached hydrogens (tertiary/aromatic N) is 3. The fourth-order valence-electron chi connectivity index (χ4n) is 2.04. The Balaban J connectivity index is 2.35. The van der Waals surface area contributed by atoms with E-state index in [0.29, 0.717) is 23.0 Å². The van der Waals surface area contributed by atoms with E-state index in [2.05, 4.69) is 15.2 Å². The van der Waals surface area contributed by atoms with E-state index in [4.69, 9.17) is 4.74 Å². The maximum atomic E-state index is 12.1. The van der Waals surface area contributed by atoms with E-state index in [9.17, 15) is 4.79 Å². The quantitative estimate of drug-likeness (QED) is 0.752. The number of nitrogens with one attached hydrogen (secondary N) is 1. The van der Waals surface area contributed by atoms with Crippen LogP contribution in [0.5, 0.6) is 5.75 Å². The van der Waals surface area contributed by atoms with Gasteiger partial charge in [0.2, 0.25) is 5.78 Å². The average molecular weight is 256 g/mol.